The van der Waals surface area contributed by atoms with Crippen molar-refractivity contribution in [3.05, 3.63) is 69.8 Å². The second kappa shape index (κ2) is 9.50. The lowest BCUT2D eigenvalue weighted by Crippen LogP contribution is -2.42. The van der Waals surface area contributed by atoms with Gasteiger partial charge in [-0.2, -0.15) is 0 Å². The second-order valence-corrected chi connectivity index (χ2v) is 9.96. The third kappa shape index (κ3) is 4.59. The number of carbonyl (C=O) groups excluding carboxylic acids is 1. The van der Waals surface area contributed by atoms with Gasteiger partial charge in [-0.3, -0.25) is 14.2 Å². The highest BCUT2D eigenvalue weighted by Gasteiger charge is 2.33. The Labute approximate surface area is 196 Å². The third-order valence-corrected chi connectivity index (χ3v) is 6.79. The van der Waals surface area contributed by atoms with Crippen LogP contribution in [0.4, 0.5) is 0 Å². The Kier molecular flexibility index (Phi) is 6.68. The predicted molar refractivity (Wildman–Crippen MR) is 134 cm³/mol. The molecule has 1 aliphatic rings. The number of carbonyl (C=O) groups is 1. The number of amides is 1. The molecule has 1 fully saturated rings. The van der Waals surface area contributed by atoms with Crippen LogP contribution in [0.25, 0.3) is 16.6 Å². The summed E-state index contributed by atoms with van der Waals surface area (Å²) in [5, 5.41) is 0.589. The Bertz CT molecular complexity index is 1220. The molecule has 0 bridgehead atoms. The first-order valence-electron chi connectivity index (χ1n) is 12.2. The van der Waals surface area contributed by atoms with E-state index in [4.69, 9.17) is 4.98 Å². The summed E-state index contributed by atoms with van der Waals surface area (Å²) in [4.78, 5) is 34.3. The molecule has 0 saturated heterocycles. The molecule has 1 saturated carbocycles. The molecule has 5 heteroatoms. The molecule has 1 unspecified atom stereocenters. The number of fused-ring (bicyclic) bond motifs is 1. The predicted octanol–water partition coefficient (Wildman–Crippen LogP) is 5.74. The van der Waals surface area contributed by atoms with E-state index < -0.39 is 0 Å². The van der Waals surface area contributed by atoms with Gasteiger partial charge in [0.1, 0.15) is 5.82 Å². The molecule has 4 rings (SSSR count). The van der Waals surface area contributed by atoms with Crippen LogP contribution < -0.4 is 5.56 Å². The molecule has 1 amide bonds. The fraction of sp³-hybridized carbons (Fsp3) is 0.464. The maximum Gasteiger partial charge on any atom is 0.266 e. The van der Waals surface area contributed by atoms with Crippen LogP contribution in [0.3, 0.4) is 0 Å². The lowest BCUT2D eigenvalue weighted by molar-refractivity contribution is -0.138. The number of aryl methyl sites for hydroxylation is 2. The van der Waals surface area contributed by atoms with Crippen LogP contribution >= 0.6 is 0 Å². The molecule has 0 radical (unpaired) electrons. The molecule has 33 heavy (non-hydrogen) atoms. The zero-order valence-electron chi connectivity index (χ0n) is 20.5. The number of hydrogen-bond donors (Lipinski definition) is 0. The Balaban J connectivity index is 1.92. The summed E-state index contributed by atoms with van der Waals surface area (Å²) >= 11 is 0. The van der Waals surface area contributed by atoms with Gasteiger partial charge < -0.3 is 4.90 Å². The SMILES string of the molecule is Cc1ccc(-n2c(C(C)N(CC(C)C)C(=O)C3CCCC3)nc3ccccc3c2=O)c(C)c1. The first-order valence-corrected chi connectivity index (χ1v) is 12.2. The maximum absolute atomic E-state index is 13.8. The van der Waals surface area contributed by atoms with E-state index in [1.54, 1.807) is 4.57 Å². The van der Waals surface area contributed by atoms with Crippen LogP contribution in [-0.4, -0.2) is 26.9 Å². The average molecular weight is 446 g/mol. The van der Waals surface area contributed by atoms with Gasteiger partial charge in [0.15, 0.2) is 0 Å². The second-order valence-electron chi connectivity index (χ2n) is 9.96. The quantitative estimate of drug-likeness (QED) is 0.486. The standard InChI is InChI=1S/C28H35N3O2/c1-18(2)17-30(27(32)22-10-6-7-11-22)21(5)26-29-24-13-9-8-12-23(24)28(33)31(26)25-15-14-19(3)16-20(25)4/h8-9,12-16,18,21-22H,6-7,10-11,17H2,1-5H3. The minimum Gasteiger partial charge on any atom is -0.332 e. The van der Waals surface area contributed by atoms with Crippen LogP contribution in [-0.2, 0) is 4.79 Å². The largest absolute Gasteiger partial charge is 0.332 e. The molecule has 1 atom stereocenters. The highest BCUT2D eigenvalue weighted by Crippen LogP contribution is 2.31. The van der Waals surface area contributed by atoms with Gasteiger partial charge in [0.25, 0.3) is 5.56 Å². The zero-order valence-corrected chi connectivity index (χ0v) is 20.5. The number of aromatic nitrogens is 2. The van der Waals surface area contributed by atoms with E-state index in [9.17, 15) is 9.59 Å². The number of para-hydroxylation sites is 1. The minimum absolute atomic E-state index is 0.0768. The van der Waals surface area contributed by atoms with Gasteiger partial charge in [0.05, 0.1) is 22.6 Å². The molecule has 174 valence electrons. The van der Waals surface area contributed by atoms with E-state index >= 15 is 0 Å². The molecule has 5 nitrogen and oxygen atoms in total. The molecular weight excluding hydrogens is 410 g/mol. The molecule has 3 aromatic rings. The molecule has 0 N–H and O–H groups in total. The van der Waals surface area contributed by atoms with Gasteiger partial charge in [-0.25, -0.2) is 4.98 Å². The molecule has 1 heterocycles. The van der Waals surface area contributed by atoms with Crippen LogP contribution in [0.2, 0.25) is 0 Å². The van der Waals surface area contributed by atoms with Crippen molar-refractivity contribution >= 4 is 16.8 Å². The Morgan fingerprint density at radius 1 is 1.09 bits per heavy atom. The summed E-state index contributed by atoms with van der Waals surface area (Å²) in [6.07, 6.45) is 4.13. The van der Waals surface area contributed by atoms with Crippen molar-refractivity contribution in [1.29, 1.82) is 0 Å². The molecule has 1 aromatic heterocycles. The molecule has 1 aliphatic carbocycles. The van der Waals surface area contributed by atoms with E-state index in [1.807, 2.05) is 62.1 Å². The van der Waals surface area contributed by atoms with Gasteiger partial charge in [-0.1, -0.05) is 56.5 Å². The fourth-order valence-corrected chi connectivity index (χ4v) is 5.10. The molecule has 0 aliphatic heterocycles. The first-order chi connectivity index (χ1) is 15.8. The van der Waals surface area contributed by atoms with E-state index in [-0.39, 0.29) is 23.4 Å². The van der Waals surface area contributed by atoms with E-state index in [0.29, 0.717) is 29.2 Å². The van der Waals surface area contributed by atoms with Crippen molar-refractivity contribution in [2.75, 3.05) is 6.54 Å². The van der Waals surface area contributed by atoms with E-state index in [1.165, 1.54) is 0 Å². The lowest BCUT2D eigenvalue weighted by atomic mass is 10.0. The summed E-state index contributed by atoms with van der Waals surface area (Å²) in [5.74, 6) is 1.22. The summed E-state index contributed by atoms with van der Waals surface area (Å²) in [6, 6.07) is 13.3. The topological polar surface area (TPSA) is 55.2 Å². The van der Waals surface area contributed by atoms with Crippen LogP contribution in [0.15, 0.2) is 47.3 Å². The zero-order chi connectivity index (χ0) is 23.7. The summed E-state index contributed by atoms with van der Waals surface area (Å²) in [7, 11) is 0. The van der Waals surface area contributed by atoms with Crippen molar-refractivity contribution in [3.8, 4) is 5.69 Å². The van der Waals surface area contributed by atoms with Gasteiger partial charge in [-0.15, -0.1) is 0 Å². The van der Waals surface area contributed by atoms with Crippen molar-refractivity contribution in [2.45, 2.75) is 66.3 Å². The third-order valence-electron chi connectivity index (χ3n) is 6.79. The summed E-state index contributed by atoms with van der Waals surface area (Å²) < 4.78 is 1.73. The Morgan fingerprint density at radius 3 is 2.45 bits per heavy atom. The van der Waals surface area contributed by atoms with Crippen LogP contribution in [0, 0.1) is 25.7 Å². The number of benzene rings is 2. The van der Waals surface area contributed by atoms with Gasteiger partial charge in [-0.05, 0) is 63.3 Å². The van der Waals surface area contributed by atoms with Gasteiger partial charge >= 0.3 is 0 Å². The van der Waals surface area contributed by atoms with Crippen molar-refractivity contribution in [3.63, 3.8) is 0 Å². The number of rotatable bonds is 6. The molecule has 0 spiro atoms. The lowest BCUT2D eigenvalue weighted by Gasteiger charge is -2.34. The molecular formula is C28H35N3O2. The van der Waals surface area contributed by atoms with Crippen molar-refractivity contribution in [2.24, 2.45) is 11.8 Å². The average Bonchev–Trinajstić information content (AvgIpc) is 3.32. The van der Waals surface area contributed by atoms with Crippen molar-refractivity contribution < 1.29 is 4.79 Å². The summed E-state index contributed by atoms with van der Waals surface area (Å²) in [5.41, 5.74) is 3.56. The van der Waals surface area contributed by atoms with E-state index in [0.717, 1.165) is 42.5 Å². The smallest absolute Gasteiger partial charge is 0.266 e. The van der Waals surface area contributed by atoms with Crippen molar-refractivity contribution in [1.82, 2.24) is 14.5 Å². The van der Waals surface area contributed by atoms with Gasteiger partial charge in [0.2, 0.25) is 5.91 Å². The minimum atomic E-state index is -0.321. The van der Waals surface area contributed by atoms with Crippen LogP contribution in [0.1, 0.15) is 69.4 Å². The Morgan fingerprint density at radius 2 is 1.79 bits per heavy atom. The first kappa shape index (κ1) is 23.2. The highest BCUT2D eigenvalue weighted by molar-refractivity contribution is 5.80. The fourth-order valence-electron chi connectivity index (χ4n) is 5.10. The highest BCUT2D eigenvalue weighted by atomic mass is 16.2. The Hall–Kier alpha value is -2.95. The monoisotopic (exact) mass is 445 g/mol. The van der Waals surface area contributed by atoms with Crippen LogP contribution in [0.5, 0.6) is 0 Å². The molecule has 2 aromatic carbocycles. The van der Waals surface area contributed by atoms with E-state index in [2.05, 4.69) is 19.9 Å². The summed E-state index contributed by atoms with van der Waals surface area (Å²) in [6.45, 7) is 11.0. The normalized spacial score (nSPS) is 15.3. The maximum atomic E-state index is 13.8. The number of nitrogens with zero attached hydrogens (tertiary/aromatic N) is 3. The van der Waals surface area contributed by atoms with Gasteiger partial charge in [0, 0.05) is 12.5 Å². The number of hydrogen-bond acceptors (Lipinski definition) is 3.